The summed E-state index contributed by atoms with van der Waals surface area (Å²) in [5, 5.41) is 13.2. The quantitative estimate of drug-likeness (QED) is 0.840. The zero-order valence-corrected chi connectivity index (χ0v) is 11.8. The van der Waals surface area contributed by atoms with Crippen molar-refractivity contribution in [3.63, 3.8) is 0 Å². The van der Waals surface area contributed by atoms with Gasteiger partial charge >= 0.3 is 0 Å². The molecule has 1 N–H and O–H groups in total. The van der Waals surface area contributed by atoms with Gasteiger partial charge in [-0.15, -0.1) is 0 Å². The molecule has 1 aromatic heterocycles. The van der Waals surface area contributed by atoms with Crippen LogP contribution in [0, 0.1) is 11.3 Å². The standard InChI is InChI=1S/C16H20N4/c1-2-9-19-16(13-17,15-6-4-3-5-7-15)8-11-20-12-10-18-14-20/h3-7,10,12,14,19H,2,8-9,11H2,1H3. The van der Waals surface area contributed by atoms with E-state index in [9.17, 15) is 5.26 Å². The first kappa shape index (κ1) is 14.3. The summed E-state index contributed by atoms with van der Waals surface area (Å²) in [5.74, 6) is 0. The molecule has 0 bridgehead atoms. The third-order valence-corrected chi connectivity index (χ3v) is 3.44. The highest BCUT2D eigenvalue weighted by Gasteiger charge is 2.31. The van der Waals surface area contributed by atoms with E-state index in [4.69, 9.17) is 0 Å². The van der Waals surface area contributed by atoms with Crippen LogP contribution in [0.15, 0.2) is 49.1 Å². The topological polar surface area (TPSA) is 53.6 Å². The number of nitrogens with one attached hydrogen (secondary N) is 1. The predicted octanol–water partition coefficient (Wildman–Crippen LogP) is 2.69. The van der Waals surface area contributed by atoms with E-state index in [0.29, 0.717) is 6.42 Å². The fourth-order valence-electron chi connectivity index (χ4n) is 2.27. The lowest BCUT2D eigenvalue weighted by Gasteiger charge is -2.28. The minimum Gasteiger partial charge on any atom is -0.337 e. The molecular weight excluding hydrogens is 248 g/mol. The second-order valence-electron chi connectivity index (χ2n) is 4.86. The number of nitriles is 1. The van der Waals surface area contributed by atoms with Gasteiger partial charge in [0, 0.05) is 25.4 Å². The largest absolute Gasteiger partial charge is 0.337 e. The van der Waals surface area contributed by atoms with Gasteiger partial charge in [0.1, 0.15) is 5.54 Å². The van der Waals surface area contributed by atoms with Crippen molar-refractivity contribution in [2.24, 2.45) is 0 Å². The minimum absolute atomic E-state index is 0.637. The monoisotopic (exact) mass is 268 g/mol. The maximum Gasteiger partial charge on any atom is 0.133 e. The Balaban J connectivity index is 2.21. The van der Waals surface area contributed by atoms with Crippen LogP contribution in [-0.4, -0.2) is 16.1 Å². The smallest absolute Gasteiger partial charge is 0.133 e. The Kier molecular flexibility index (Phi) is 4.91. The highest BCUT2D eigenvalue weighted by molar-refractivity contribution is 5.31. The molecule has 0 radical (unpaired) electrons. The summed E-state index contributed by atoms with van der Waals surface area (Å²) in [5.41, 5.74) is 0.387. The van der Waals surface area contributed by atoms with Gasteiger partial charge in [-0.2, -0.15) is 5.26 Å². The van der Waals surface area contributed by atoms with E-state index >= 15 is 0 Å². The van der Waals surface area contributed by atoms with Gasteiger partial charge in [0.15, 0.2) is 0 Å². The van der Waals surface area contributed by atoms with Crippen molar-refractivity contribution >= 4 is 0 Å². The minimum atomic E-state index is -0.637. The third-order valence-electron chi connectivity index (χ3n) is 3.44. The number of benzene rings is 1. The van der Waals surface area contributed by atoms with Crippen LogP contribution in [0.2, 0.25) is 0 Å². The molecule has 2 aromatic rings. The van der Waals surface area contributed by atoms with Crippen LogP contribution in [0.4, 0.5) is 0 Å². The molecule has 1 heterocycles. The van der Waals surface area contributed by atoms with Crippen LogP contribution < -0.4 is 5.32 Å². The van der Waals surface area contributed by atoms with Crippen molar-refractivity contribution in [1.29, 1.82) is 5.26 Å². The number of hydrogen-bond donors (Lipinski definition) is 1. The molecule has 0 aliphatic rings. The average molecular weight is 268 g/mol. The van der Waals surface area contributed by atoms with Crippen molar-refractivity contribution in [3.8, 4) is 6.07 Å². The first-order valence-electron chi connectivity index (χ1n) is 6.98. The summed E-state index contributed by atoms with van der Waals surface area (Å²) in [6.07, 6.45) is 7.18. The number of hydrogen-bond acceptors (Lipinski definition) is 3. The lowest BCUT2D eigenvalue weighted by Crippen LogP contribution is -2.42. The van der Waals surface area contributed by atoms with Gasteiger partial charge in [0.05, 0.1) is 12.4 Å². The summed E-state index contributed by atoms with van der Waals surface area (Å²) >= 11 is 0. The molecule has 1 unspecified atom stereocenters. The molecule has 0 saturated carbocycles. The SMILES string of the molecule is CCCNC(C#N)(CCn1ccnc1)c1ccccc1. The Morgan fingerprint density at radius 2 is 2.15 bits per heavy atom. The Labute approximate surface area is 120 Å². The van der Waals surface area contributed by atoms with Crippen molar-refractivity contribution in [2.45, 2.75) is 31.8 Å². The van der Waals surface area contributed by atoms with Crippen molar-refractivity contribution < 1.29 is 0 Å². The highest BCUT2D eigenvalue weighted by atomic mass is 15.0. The molecule has 0 saturated heterocycles. The average Bonchev–Trinajstić information content (AvgIpc) is 3.02. The second kappa shape index (κ2) is 6.88. The van der Waals surface area contributed by atoms with Gasteiger partial charge in [0.2, 0.25) is 0 Å². The van der Waals surface area contributed by atoms with Gasteiger partial charge in [-0.25, -0.2) is 4.98 Å². The van der Waals surface area contributed by atoms with E-state index < -0.39 is 5.54 Å². The van der Waals surface area contributed by atoms with Crippen LogP contribution in [-0.2, 0) is 12.1 Å². The number of aromatic nitrogens is 2. The van der Waals surface area contributed by atoms with Crippen LogP contribution in [0.5, 0.6) is 0 Å². The molecule has 0 fully saturated rings. The summed E-state index contributed by atoms with van der Waals surface area (Å²) in [4.78, 5) is 4.04. The second-order valence-corrected chi connectivity index (χ2v) is 4.86. The third kappa shape index (κ3) is 3.25. The fraction of sp³-hybridized carbons (Fsp3) is 0.375. The number of imidazole rings is 1. The molecule has 0 amide bonds. The molecule has 4 nitrogen and oxygen atoms in total. The number of rotatable bonds is 7. The van der Waals surface area contributed by atoms with E-state index in [-0.39, 0.29) is 0 Å². The lowest BCUT2D eigenvalue weighted by molar-refractivity contribution is 0.373. The molecule has 20 heavy (non-hydrogen) atoms. The first-order chi connectivity index (χ1) is 9.80. The summed E-state index contributed by atoms with van der Waals surface area (Å²) in [7, 11) is 0. The molecule has 2 rings (SSSR count). The van der Waals surface area contributed by atoms with Crippen molar-refractivity contribution in [3.05, 3.63) is 54.6 Å². The van der Waals surface area contributed by atoms with Gasteiger partial charge in [0.25, 0.3) is 0 Å². The molecule has 1 aromatic carbocycles. The van der Waals surface area contributed by atoms with Crippen molar-refractivity contribution in [2.75, 3.05) is 6.54 Å². The maximum atomic E-state index is 9.75. The Hall–Kier alpha value is -2.12. The molecule has 0 aliphatic carbocycles. The van der Waals surface area contributed by atoms with E-state index in [1.807, 2.05) is 41.1 Å². The van der Waals surface area contributed by atoms with Crippen LogP contribution >= 0.6 is 0 Å². The van der Waals surface area contributed by atoms with Crippen molar-refractivity contribution in [1.82, 2.24) is 14.9 Å². The zero-order valence-electron chi connectivity index (χ0n) is 11.8. The predicted molar refractivity (Wildman–Crippen MR) is 78.9 cm³/mol. The number of aryl methyl sites for hydroxylation is 1. The van der Waals surface area contributed by atoms with Gasteiger partial charge in [-0.1, -0.05) is 37.3 Å². The van der Waals surface area contributed by atoms with Crippen LogP contribution in [0.1, 0.15) is 25.3 Å². The summed E-state index contributed by atoms with van der Waals surface area (Å²) in [6, 6.07) is 12.4. The molecule has 0 spiro atoms. The van der Waals surface area contributed by atoms with Gasteiger partial charge in [-0.05, 0) is 18.5 Å². The zero-order chi connectivity index (χ0) is 14.3. The maximum absolute atomic E-state index is 9.75. The van der Waals surface area contributed by atoms with E-state index in [0.717, 1.165) is 25.1 Å². The Morgan fingerprint density at radius 3 is 2.75 bits per heavy atom. The molecular formula is C16H20N4. The Morgan fingerprint density at radius 1 is 1.35 bits per heavy atom. The van der Waals surface area contributed by atoms with Crippen LogP contribution in [0.3, 0.4) is 0 Å². The van der Waals surface area contributed by atoms with Gasteiger partial charge in [-0.3, -0.25) is 5.32 Å². The van der Waals surface area contributed by atoms with Gasteiger partial charge < -0.3 is 4.57 Å². The normalized spacial score (nSPS) is 13.6. The summed E-state index contributed by atoms with van der Waals surface area (Å²) < 4.78 is 2.00. The van der Waals surface area contributed by atoms with E-state index in [2.05, 4.69) is 23.3 Å². The molecule has 0 aliphatic heterocycles. The lowest BCUT2D eigenvalue weighted by atomic mass is 9.87. The van der Waals surface area contributed by atoms with Crippen LogP contribution in [0.25, 0.3) is 0 Å². The van der Waals surface area contributed by atoms with E-state index in [1.165, 1.54) is 0 Å². The first-order valence-corrected chi connectivity index (χ1v) is 6.98. The molecule has 4 heteroatoms. The number of nitrogens with zero attached hydrogens (tertiary/aromatic N) is 3. The van der Waals surface area contributed by atoms with E-state index in [1.54, 1.807) is 12.5 Å². The molecule has 104 valence electrons. The Bertz CT molecular complexity index is 542. The molecule has 1 atom stereocenters. The summed E-state index contributed by atoms with van der Waals surface area (Å²) in [6.45, 7) is 3.70. The fourth-order valence-corrected chi connectivity index (χ4v) is 2.27. The highest BCUT2D eigenvalue weighted by Crippen LogP contribution is 2.25.